The van der Waals surface area contributed by atoms with Crippen LogP contribution in [0.1, 0.15) is 38.7 Å². The Morgan fingerprint density at radius 3 is 2.65 bits per heavy atom. The largest absolute Gasteiger partial charge is 0.352 e. The van der Waals surface area contributed by atoms with Gasteiger partial charge in [-0.15, -0.1) is 0 Å². The first-order chi connectivity index (χ1) is 12.4. The normalized spacial score (nSPS) is 19.7. The number of likely N-dealkylation sites (tertiary alicyclic amines) is 1. The molecule has 1 saturated heterocycles. The summed E-state index contributed by atoms with van der Waals surface area (Å²) >= 11 is 0. The molecule has 140 valence electrons. The Bertz CT molecular complexity index is 697. The van der Waals surface area contributed by atoms with Gasteiger partial charge in [0.15, 0.2) is 0 Å². The van der Waals surface area contributed by atoms with Crippen molar-refractivity contribution in [3.8, 4) is 0 Å². The minimum Gasteiger partial charge on any atom is -0.352 e. The van der Waals surface area contributed by atoms with Gasteiger partial charge in [0.05, 0.1) is 5.92 Å². The molecule has 3 amide bonds. The zero-order chi connectivity index (χ0) is 18.7. The Hall–Kier alpha value is -2.37. The second-order valence-electron chi connectivity index (χ2n) is 7.78. The fourth-order valence-electron chi connectivity index (χ4n) is 3.25. The highest BCUT2D eigenvalue weighted by molar-refractivity contribution is 5.94. The highest BCUT2D eigenvalue weighted by Crippen LogP contribution is 2.30. The van der Waals surface area contributed by atoms with Crippen LogP contribution in [0.25, 0.3) is 0 Å². The van der Waals surface area contributed by atoms with Crippen LogP contribution in [-0.4, -0.2) is 35.7 Å². The van der Waals surface area contributed by atoms with Gasteiger partial charge in [-0.3, -0.25) is 14.4 Å². The number of nitrogens with zero attached hydrogens (tertiary/aromatic N) is 1. The summed E-state index contributed by atoms with van der Waals surface area (Å²) in [7, 11) is 0. The zero-order valence-electron chi connectivity index (χ0n) is 15.5. The predicted octanol–water partition coefficient (Wildman–Crippen LogP) is 2.16. The zero-order valence-corrected chi connectivity index (χ0v) is 15.5. The molecule has 0 spiro atoms. The molecular formula is C20H27N3O3. The Morgan fingerprint density at radius 2 is 1.96 bits per heavy atom. The first-order valence-electron chi connectivity index (χ1n) is 9.37. The lowest BCUT2D eigenvalue weighted by atomic mass is 10.1. The van der Waals surface area contributed by atoms with Gasteiger partial charge < -0.3 is 15.5 Å². The number of carbonyl (C=O) groups is 3. The van der Waals surface area contributed by atoms with Crippen LogP contribution in [0.3, 0.4) is 0 Å². The van der Waals surface area contributed by atoms with Gasteiger partial charge >= 0.3 is 0 Å². The molecule has 1 atom stereocenters. The van der Waals surface area contributed by atoms with E-state index in [1.54, 1.807) is 4.90 Å². The Labute approximate surface area is 154 Å². The van der Waals surface area contributed by atoms with E-state index in [2.05, 4.69) is 24.5 Å². The summed E-state index contributed by atoms with van der Waals surface area (Å²) in [5.41, 5.74) is 1.68. The van der Waals surface area contributed by atoms with Gasteiger partial charge in [-0.05, 0) is 36.5 Å². The van der Waals surface area contributed by atoms with Crippen molar-refractivity contribution >= 4 is 23.4 Å². The average Bonchev–Trinajstić information content (AvgIpc) is 3.38. The molecule has 1 unspecified atom stereocenters. The second-order valence-corrected chi connectivity index (χ2v) is 7.78. The number of nitrogens with one attached hydrogen (secondary N) is 2. The summed E-state index contributed by atoms with van der Waals surface area (Å²) in [6.07, 6.45) is 2.22. The first-order valence-corrected chi connectivity index (χ1v) is 9.37. The van der Waals surface area contributed by atoms with Crippen LogP contribution in [-0.2, 0) is 20.9 Å². The number of hydrogen-bond acceptors (Lipinski definition) is 3. The maximum Gasteiger partial charge on any atom is 0.227 e. The molecule has 0 aromatic heterocycles. The fraction of sp³-hybridized carbons (Fsp3) is 0.550. The van der Waals surface area contributed by atoms with Crippen molar-refractivity contribution in [3.63, 3.8) is 0 Å². The third-order valence-corrected chi connectivity index (χ3v) is 4.78. The summed E-state index contributed by atoms with van der Waals surface area (Å²) < 4.78 is 0. The molecule has 2 aliphatic rings. The monoisotopic (exact) mass is 357 g/mol. The molecule has 1 aliphatic carbocycles. The summed E-state index contributed by atoms with van der Waals surface area (Å²) in [5.74, 6) is 0.321. The molecule has 6 heteroatoms. The van der Waals surface area contributed by atoms with E-state index < -0.39 is 0 Å². The van der Waals surface area contributed by atoms with Crippen molar-refractivity contribution < 1.29 is 14.4 Å². The maximum absolute atomic E-state index is 12.4. The minimum atomic E-state index is -0.279. The van der Waals surface area contributed by atoms with E-state index in [9.17, 15) is 14.4 Å². The van der Waals surface area contributed by atoms with Crippen molar-refractivity contribution in [2.75, 3.05) is 18.4 Å². The first kappa shape index (κ1) is 18.4. The molecule has 26 heavy (non-hydrogen) atoms. The van der Waals surface area contributed by atoms with Crippen LogP contribution in [0, 0.1) is 17.8 Å². The van der Waals surface area contributed by atoms with Crippen molar-refractivity contribution in [3.05, 3.63) is 29.8 Å². The van der Waals surface area contributed by atoms with Crippen molar-refractivity contribution in [2.45, 2.75) is 39.7 Å². The summed E-state index contributed by atoms with van der Waals surface area (Å²) in [6.45, 7) is 5.72. The molecule has 0 radical (unpaired) electrons. The highest BCUT2D eigenvalue weighted by atomic mass is 16.2. The van der Waals surface area contributed by atoms with Crippen LogP contribution in [0.15, 0.2) is 24.3 Å². The van der Waals surface area contributed by atoms with E-state index in [4.69, 9.17) is 0 Å². The van der Waals surface area contributed by atoms with Gasteiger partial charge in [-0.25, -0.2) is 0 Å². The predicted molar refractivity (Wildman–Crippen MR) is 99.2 cm³/mol. The van der Waals surface area contributed by atoms with Gasteiger partial charge in [0.25, 0.3) is 0 Å². The topological polar surface area (TPSA) is 78.5 Å². The fourth-order valence-corrected chi connectivity index (χ4v) is 3.25. The Kier molecular flexibility index (Phi) is 5.59. The molecule has 6 nitrogen and oxygen atoms in total. The standard InChI is InChI=1S/C20H27N3O3/c1-13(2)11-23-12-16(9-18(23)24)19(25)21-10-14-4-3-5-17(8-14)22-20(26)15-6-7-15/h3-5,8,13,15-16H,6-7,9-12H2,1-2H3,(H,21,25)(H,22,26). The lowest BCUT2D eigenvalue weighted by Crippen LogP contribution is -2.33. The Balaban J connectivity index is 1.50. The number of carbonyl (C=O) groups excluding carboxylic acids is 3. The molecular weight excluding hydrogens is 330 g/mol. The third kappa shape index (κ3) is 4.84. The molecule has 1 aromatic rings. The Morgan fingerprint density at radius 1 is 1.19 bits per heavy atom. The van der Waals surface area contributed by atoms with Crippen LogP contribution in [0.2, 0.25) is 0 Å². The molecule has 2 fully saturated rings. The van der Waals surface area contributed by atoms with E-state index in [1.807, 2.05) is 24.3 Å². The third-order valence-electron chi connectivity index (χ3n) is 4.78. The van der Waals surface area contributed by atoms with Crippen LogP contribution >= 0.6 is 0 Å². The molecule has 0 bridgehead atoms. The van der Waals surface area contributed by atoms with Gasteiger partial charge in [-0.2, -0.15) is 0 Å². The van der Waals surface area contributed by atoms with Gasteiger partial charge in [0.1, 0.15) is 0 Å². The minimum absolute atomic E-state index is 0.0589. The van der Waals surface area contributed by atoms with E-state index in [-0.39, 0.29) is 36.0 Å². The summed E-state index contributed by atoms with van der Waals surface area (Å²) in [4.78, 5) is 38.0. The van der Waals surface area contributed by atoms with Crippen molar-refractivity contribution in [1.82, 2.24) is 10.2 Å². The van der Waals surface area contributed by atoms with Gasteiger partial charge in [0.2, 0.25) is 17.7 Å². The quantitative estimate of drug-likeness (QED) is 0.785. The van der Waals surface area contributed by atoms with Crippen LogP contribution < -0.4 is 10.6 Å². The lowest BCUT2D eigenvalue weighted by Gasteiger charge is -2.18. The van der Waals surface area contributed by atoms with Gasteiger partial charge in [0, 0.05) is 37.7 Å². The second kappa shape index (κ2) is 7.89. The average molecular weight is 357 g/mol. The molecule has 1 saturated carbocycles. The maximum atomic E-state index is 12.4. The molecule has 2 N–H and O–H groups in total. The van der Waals surface area contributed by atoms with Gasteiger partial charge in [-0.1, -0.05) is 26.0 Å². The van der Waals surface area contributed by atoms with Crippen molar-refractivity contribution in [2.24, 2.45) is 17.8 Å². The number of benzene rings is 1. The number of amides is 3. The van der Waals surface area contributed by atoms with E-state index in [1.165, 1.54) is 0 Å². The summed E-state index contributed by atoms with van der Waals surface area (Å²) in [5, 5.41) is 5.83. The van der Waals surface area contributed by atoms with Crippen molar-refractivity contribution in [1.29, 1.82) is 0 Å². The number of rotatable bonds is 7. The highest BCUT2D eigenvalue weighted by Gasteiger charge is 2.34. The lowest BCUT2D eigenvalue weighted by molar-refractivity contribution is -0.129. The number of hydrogen-bond donors (Lipinski definition) is 2. The summed E-state index contributed by atoms with van der Waals surface area (Å²) in [6, 6.07) is 7.52. The van der Waals surface area contributed by atoms with Crippen LogP contribution in [0.5, 0.6) is 0 Å². The molecule has 3 rings (SSSR count). The molecule has 1 aromatic carbocycles. The number of anilines is 1. The van der Waals surface area contributed by atoms with E-state index in [0.29, 0.717) is 25.6 Å². The SMILES string of the molecule is CC(C)CN1CC(C(=O)NCc2cccc(NC(=O)C3CC3)c2)CC1=O. The van der Waals surface area contributed by atoms with E-state index in [0.717, 1.165) is 24.1 Å². The van der Waals surface area contributed by atoms with Crippen LogP contribution in [0.4, 0.5) is 5.69 Å². The molecule has 1 heterocycles. The van der Waals surface area contributed by atoms with E-state index >= 15 is 0 Å². The molecule has 1 aliphatic heterocycles. The smallest absolute Gasteiger partial charge is 0.227 e.